The van der Waals surface area contributed by atoms with Gasteiger partial charge in [-0.15, -0.1) is 0 Å². The average molecular weight is 572 g/mol. The van der Waals surface area contributed by atoms with Gasteiger partial charge < -0.3 is 28.6 Å². The van der Waals surface area contributed by atoms with Crippen LogP contribution in [0.25, 0.3) is 0 Å². The summed E-state index contributed by atoms with van der Waals surface area (Å²) in [7, 11) is 5.38. The minimum Gasteiger partial charge on any atom is -0.544 e. The molecular weight excluding hydrogens is 510 g/mol. The van der Waals surface area contributed by atoms with Gasteiger partial charge in [0.05, 0.1) is 40.3 Å². The lowest BCUT2D eigenvalue weighted by atomic mass is 10.1. The van der Waals surface area contributed by atoms with Gasteiger partial charge in [0.1, 0.15) is 12.6 Å². The molecule has 0 fully saturated rings. The molecule has 0 rings (SSSR count). The number of hydrogen-bond donors (Lipinski definition) is 0. The maximum atomic E-state index is 12.5. The molecule has 0 amide bonds. The summed E-state index contributed by atoms with van der Waals surface area (Å²) >= 11 is 0. The van der Waals surface area contributed by atoms with Crippen LogP contribution in [0.3, 0.4) is 0 Å². The fraction of sp³-hybridized carbons (Fsp3) is 0.906. The highest BCUT2D eigenvalue weighted by atomic mass is 16.6. The van der Waals surface area contributed by atoms with Gasteiger partial charge in [-0.3, -0.25) is 9.59 Å². The third kappa shape index (κ3) is 23.1. The summed E-state index contributed by atoms with van der Waals surface area (Å²) in [5, 5.41) is 11.5. The first-order chi connectivity index (χ1) is 19.1. The van der Waals surface area contributed by atoms with E-state index >= 15 is 0 Å². The summed E-state index contributed by atoms with van der Waals surface area (Å²) < 4.78 is 16.9. The van der Waals surface area contributed by atoms with E-state index in [0.717, 1.165) is 38.5 Å². The van der Waals surface area contributed by atoms with E-state index < -0.39 is 18.1 Å². The number of esters is 2. The number of rotatable bonds is 28. The Kier molecular flexibility index (Phi) is 24.0. The molecule has 2 atom stereocenters. The number of ether oxygens (including phenoxy) is 3. The molecule has 0 saturated heterocycles. The lowest BCUT2D eigenvalue weighted by Crippen LogP contribution is -2.55. The molecule has 0 heterocycles. The molecule has 236 valence electrons. The molecule has 0 saturated carbocycles. The number of unbranched alkanes of at least 4 members (excludes halogenated alkanes) is 14. The zero-order valence-electron chi connectivity index (χ0n) is 26.5. The molecule has 0 N–H and O–H groups in total. The molecule has 0 bridgehead atoms. The molecule has 0 aromatic carbocycles. The Bertz CT molecular complexity index is 648. The molecular formula is C32H61NO7. The van der Waals surface area contributed by atoms with E-state index in [-0.39, 0.29) is 42.7 Å². The predicted octanol–water partition coefficient (Wildman–Crippen LogP) is 5.73. The second-order valence-corrected chi connectivity index (χ2v) is 12.1. The van der Waals surface area contributed by atoms with Gasteiger partial charge in [-0.1, -0.05) is 104 Å². The van der Waals surface area contributed by atoms with Crippen molar-refractivity contribution in [3.05, 3.63) is 0 Å². The summed E-state index contributed by atoms with van der Waals surface area (Å²) in [6.45, 7) is 4.57. The van der Waals surface area contributed by atoms with Crippen molar-refractivity contribution >= 4 is 17.9 Å². The summed E-state index contributed by atoms with van der Waals surface area (Å²) in [6.07, 6.45) is 18.5. The van der Waals surface area contributed by atoms with Gasteiger partial charge in [0.25, 0.3) is 0 Å². The standard InChI is InChI=1S/C32H61NO7/c1-6-8-10-12-14-15-17-19-21-23-31(35)40-28(26-38-25-24-29(32(36)37)33(3,4)5)27-39-30(34)22-20-18-16-13-11-9-7-2/h28-29H,6-27H2,1-5H3. The van der Waals surface area contributed by atoms with E-state index in [1.807, 2.05) is 0 Å². The van der Waals surface area contributed by atoms with E-state index in [1.165, 1.54) is 64.2 Å². The summed E-state index contributed by atoms with van der Waals surface area (Å²) in [4.78, 5) is 36.2. The van der Waals surface area contributed by atoms with Gasteiger partial charge in [-0.25, -0.2) is 0 Å². The number of carboxylic acids is 1. The molecule has 2 unspecified atom stereocenters. The molecule has 8 heteroatoms. The number of carboxylic acid groups (broad SMARTS) is 1. The number of nitrogens with zero attached hydrogens (tertiary/aromatic N) is 1. The number of carbonyl (C=O) groups is 3. The quantitative estimate of drug-likeness (QED) is 0.0671. The van der Waals surface area contributed by atoms with Crippen molar-refractivity contribution in [3.63, 3.8) is 0 Å². The maximum Gasteiger partial charge on any atom is 0.306 e. The van der Waals surface area contributed by atoms with E-state index in [2.05, 4.69) is 13.8 Å². The second-order valence-electron chi connectivity index (χ2n) is 12.1. The Balaban J connectivity index is 4.50. The SMILES string of the molecule is CCCCCCCCCCCC(=O)OC(COCCC(C(=O)[O-])[N+](C)(C)C)COC(=O)CCCCCCCCC. The molecule has 0 aromatic heterocycles. The third-order valence-corrected chi connectivity index (χ3v) is 7.24. The Morgan fingerprint density at radius 2 is 1.10 bits per heavy atom. The van der Waals surface area contributed by atoms with Gasteiger partial charge in [0, 0.05) is 19.3 Å². The molecule has 40 heavy (non-hydrogen) atoms. The maximum absolute atomic E-state index is 12.5. The number of aliphatic carboxylic acids is 1. The first kappa shape index (κ1) is 38.3. The van der Waals surface area contributed by atoms with Crippen LogP contribution in [0.5, 0.6) is 0 Å². The Morgan fingerprint density at radius 3 is 1.55 bits per heavy atom. The number of likely N-dealkylation sites (N-methyl/N-ethyl adjacent to an activating group) is 1. The van der Waals surface area contributed by atoms with Crippen LogP contribution in [0.15, 0.2) is 0 Å². The van der Waals surface area contributed by atoms with Crippen molar-refractivity contribution in [2.45, 2.75) is 148 Å². The summed E-state index contributed by atoms with van der Waals surface area (Å²) in [5.74, 6) is -1.74. The van der Waals surface area contributed by atoms with E-state index in [4.69, 9.17) is 14.2 Å². The molecule has 8 nitrogen and oxygen atoms in total. The van der Waals surface area contributed by atoms with E-state index in [0.29, 0.717) is 12.8 Å². The monoisotopic (exact) mass is 571 g/mol. The molecule has 0 aliphatic carbocycles. The number of carbonyl (C=O) groups excluding carboxylic acids is 3. The average Bonchev–Trinajstić information content (AvgIpc) is 2.89. The van der Waals surface area contributed by atoms with Gasteiger partial charge in [-0.2, -0.15) is 0 Å². The topological polar surface area (TPSA) is 102 Å². The van der Waals surface area contributed by atoms with Crippen molar-refractivity contribution in [2.75, 3.05) is 41.0 Å². The summed E-state index contributed by atoms with van der Waals surface area (Å²) in [6, 6.07) is -0.715. The Morgan fingerprint density at radius 1 is 0.650 bits per heavy atom. The van der Waals surface area contributed by atoms with E-state index in [1.54, 1.807) is 21.1 Å². The van der Waals surface area contributed by atoms with Crippen LogP contribution in [0.2, 0.25) is 0 Å². The highest BCUT2D eigenvalue weighted by molar-refractivity contribution is 5.70. The highest BCUT2D eigenvalue weighted by Gasteiger charge is 2.25. The first-order valence-electron chi connectivity index (χ1n) is 16.1. The number of hydrogen-bond acceptors (Lipinski definition) is 7. The largest absolute Gasteiger partial charge is 0.544 e. The minimum absolute atomic E-state index is 0.0467. The van der Waals surface area contributed by atoms with Crippen LogP contribution in [0, 0.1) is 0 Å². The van der Waals surface area contributed by atoms with Gasteiger partial charge >= 0.3 is 11.9 Å². The minimum atomic E-state index is -1.13. The third-order valence-electron chi connectivity index (χ3n) is 7.24. The van der Waals surface area contributed by atoms with Crippen molar-refractivity contribution in [3.8, 4) is 0 Å². The van der Waals surface area contributed by atoms with Gasteiger partial charge in [-0.05, 0) is 12.8 Å². The smallest absolute Gasteiger partial charge is 0.306 e. The second kappa shape index (κ2) is 25.1. The van der Waals surface area contributed by atoms with Crippen molar-refractivity contribution in [2.24, 2.45) is 0 Å². The van der Waals surface area contributed by atoms with Crippen LogP contribution in [0.1, 0.15) is 136 Å². The zero-order valence-corrected chi connectivity index (χ0v) is 26.5. The van der Waals surface area contributed by atoms with Crippen LogP contribution >= 0.6 is 0 Å². The lowest BCUT2D eigenvalue weighted by molar-refractivity contribution is -0.889. The molecule has 0 radical (unpaired) electrons. The molecule has 0 spiro atoms. The fourth-order valence-electron chi connectivity index (χ4n) is 4.66. The van der Waals surface area contributed by atoms with Gasteiger partial charge in [0.2, 0.25) is 0 Å². The Hall–Kier alpha value is -1.67. The molecule has 0 aliphatic heterocycles. The Labute approximate surface area is 245 Å². The lowest BCUT2D eigenvalue weighted by Gasteiger charge is -2.34. The highest BCUT2D eigenvalue weighted by Crippen LogP contribution is 2.13. The summed E-state index contributed by atoms with van der Waals surface area (Å²) in [5.41, 5.74) is 0. The normalized spacial score (nSPS) is 13.1. The van der Waals surface area contributed by atoms with E-state index in [9.17, 15) is 19.5 Å². The van der Waals surface area contributed by atoms with Crippen molar-refractivity contribution in [1.82, 2.24) is 0 Å². The van der Waals surface area contributed by atoms with Crippen LogP contribution < -0.4 is 5.11 Å². The van der Waals surface area contributed by atoms with Crippen LogP contribution in [0.4, 0.5) is 0 Å². The zero-order chi connectivity index (χ0) is 30.1. The van der Waals surface area contributed by atoms with Crippen molar-refractivity contribution in [1.29, 1.82) is 0 Å². The van der Waals surface area contributed by atoms with Crippen molar-refractivity contribution < 1.29 is 38.2 Å². The molecule has 0 aromatic rings. The predicted molar refractivity (Wildman–Crippen MR) is 158 cm³/mol. The molecule has 0 aliphatic rings. The first-order valence-corrected chi connectivity index (χ1v) is 16.1. The van der Waals surface area contributed by atoms with Crippen LogP contribution in [-0.2, 0) is 28.6 Å². The van der Waals surface area contributed by atoms with Gasteiger partial charge in [0.15, 0.2) is 6.10 Å². The number of quaternary nitrogens is 1. The van der Waals surface area contributed by atoms with Crippen LogP contribution in [-0.4, -0.2) is 75.5 Å². The fourth-order valence-corrected chi connectivity index (χ4v) is 4.66.